The Hall–Kier alpha value is -0.980. The SMILES string of the molecule is Cc1ccc(CN[C@@H]2CCN(S(C)(=O)=O)C[C@@H]2C)cc1F. The number of nitrogens with zero attached hydrogens (tertiary/aromatic N) is 1. The minimum absolute atomic E-state index is 0.186. The predicted octanol–water partition coefficient (Wildman–Crippen LogP) is 1.89. The molecule has 0 aliphatic carbocycles. The van der Waals surface area contributed by atoms with Crippen molar-refractivity contribution >= 4 is 10.0 Å². The maximum absolute atomic E-state index is 13.5. The molecule has 0 unspecified atom stereocenters. The van der Waals surface area contributed by atoms with Crippen molar-refractivity contribution < 1.29 is 12.8 Å². The van der Waals surface area contributed by atoms with Gasteiger partial charge in [0.1, 0.15) is 5.82 Å². The first-order valence-corrected chi connectivity index (χ1v) is 9.05. The van der Waals surface area contributed by atoms with E-state index in [1.165, 1.54) is 10.6 Å². The molecule has 1 aromatic rings. The average molecular weight is 314 g/mol. The van der Waals surface area contributed by atoms with Gasteiger partial charge in [0.25, 0.3) is 0 Å². The number of hydrogen-bond donors (Lipinski definition) is 1. The van der Waals surface area contributed by atoms with Crippen LogP contribution >= 0.6 is 0 Å². The Morgan fingerprint density at radius 3 is 2.71 bits per heavy atom. The Kier molecular flexibility index (Phi) is 5.01. The fraction of sp³-hybridized carbons (Fsp3) is 0.600. The van der Waals surface area contributed by atoms with Gasteiger partial charge in [0.2, 0.25) is 10.0 Å². The minimum Gasteiger partial charge on any atom is -0.310 e. The van der Waals surface area contributed by atoms with Crippen LogP contribution in [0.25, 0.3) is 0 Å². The highest BCUT2D eigenvalue weighted by molar-refractivity contribution is 7.88. The molecule has 2 atom stereocenters. The lowest BCUT2D eigenvalue weighted by Gasteiger charge is -2.36. The molecule has 118 valence electrons. The van der Waals surface area contributed by atoms with Crippen molar-refractivity contribution in [3.05, 3.63) is 35.1 Å². The third-order valence-corrected chi connectivity index (χ3v) is 5.41. The lowest BCUT2D eigenvalue weighted by Crippen LogP contribution is -2.49. The second kappa shape index (κ2) is 6.42. The maximum Gasteiger partial charge on any atom is 0.211 e. The first-order chi connectivity index (χ1) is 9.77. The van der Waals surface area contributed by atoms with E-state index in [1.54, 1.807) is 19.1 Å². The average Bonchev–Trinajstić information content (AvgIpc) is 2.40. The molecule has 4 nitrogen and oxygen atoms in total. The molecule has 1 aliphatic rings. The smallest absolute Gasteiger partial charge is 0.211 e. The topological polar surface area (TPSA) is 49.4 Å². The van der Waals surface area contributed by atoms with Gasteiger partial charge in [0.05, 0.1) is 6.26 Å². The van der Waals surface area contributed by atoms with Crippen LogP contribution in [0.4, 0.5) is 4.39 Å². The molecule has 0 saturated carbocycles. The van der Waals surface area contributed by atoms with Crippen molar-refractivity contribution in [1.29, 1.82) is 0 Å². The van der Waals surface area contributed by atoms with E-state index in [-0.39, 0.29) is 17.8 Å². The summed E-state index contributed by atoms with van der Waals surface area (Å²) < 4.78 is 38.1. The molecule has 0 radical (unpaired) electrons. The van der Waals surface area contributed by atoms with E-state index in [0.717, 1.165) is 12.0 Å². The van der Waals surface area contributed by atoms with Gasteiger partial charge in [-0.2, -0.15) is 0 Å². The largest absolute Gasteiger partial charge is 0.310 e. The molecular weight excluding hydrogens is 291 g/mol. The summed E-state index contributed by atoms with van der Waals surface area (Å²) in [6.45, 7) is 5.48. The van der Waals surface area contributed by atoms with Crippen molar-refractivity contribution in [2.24, 2.45) is 5.92 Å². The van der Waals surface area contributed by atoms with Crippen molar-refractivity contribution in [2.45, 2.75) is 32.9 Å². The molecule has 1 heterocycles. The minimum atomic E-state index is -3.10. The second-order valence-electron chi connectivity index (χ2n) is 5.96. The summed E-state index contributed by atoms with van der Waals surface area (Å²) in [6, 6.07) is 5.51. The Morgan fingerprint density at radius 1 is 1.43 bits per heavy atom. The quantitative estimate of drug-likeness (QED) is 0.923. The van der Waals surface area contributed by atoms with Crippen LogP contribution in [0.3, 0.4) is 0 Å². The Morgan fingerprint density at radius 2 is 2.14 bits per heavy atom. The lowest BCUT2D eigenvalue weighted by atomic mass is 9.95. The molecule has 1 aromatic carbocycles. The zero-order valence-corrected chi connectivity index (χ0v) is 13.6. The van der Waals surface area contributed by atoms with E-state index in [9.17, 15) is 12.8 Å². The Balaban J connectivity index is 1.91. The number of halogens is 1. The highest BCUT2D eigenvalue weighted by Crippen LogP contribution is 2.19. The third-order valence-electron chi connectivity index (χ3n) is 4.14. The van der Waals surface area contributed by atoms with Crippen LogP contribution < -0.4 is 5.32 Å². The molecule has 1 N–H and O–H groups in total. The molecule has 21 heavy (non-hydrogen) atoms. The summed E-state index contributed by atoms with van der Waals surface area (Å²) in [5, 5.41) is 3.42. The van der Waals surface area contributed by atoms with Crippen LogP contribution in [-0.4, -0.2) is 38.1 Å². The fourth-order valence-corrected chi connectivity index (χ4v) is 3.65. The monoisotopic (exact) mass is 314 g/mol. The maximum atomic E-state index is 13.5. The van der Waals surface area contributed by atoms with Crippen molar-refractivity contribution in [3.63, 3.8) is 0 Å². The van der Waals surface area contributed by atoms with Crippen LogP contribution in [-0.2, 0) is 16.6 Å². The number of hydrogen-bond acceptors (Lipinski definition) is 3. The molecular formula is C15H23FN2O2S. The summed E-state index contributed by atoms with van der Waals surface area (Å²) in [4.78, 5) is 0. The number of sulfonamides is 1. The number of piperidine rings is 1. The van der Waals surface area contributed by atoms with Gasteiger partial charge in [-0.3, -0.25) is 0 Å². The summed E-state index contributed by atoms with van der Waals surface area (Å²) in [5.74, 6) is 0.0537. The zero-order valence-electron chi connectivity index (χ0n) is 12.8. The van der Waals surface area contributed by atoms with Gasteiger partial charge in [-0.05, 0) is 36.5 Å². The lowest BCUT2D eigenvalue weighted by molar-refractivity contribution is 0.220. The molecule has 6 heteroatoms. The number of rotatable bonds is 4. The van der Waals surface area contributed by atoms with Gasteiger partial charge in [-0.15, -0.1) is 0 Å². The standard InChI is InChI=1S/C15H23FN2O2S/c1-11-4-5-13(8-14(11)16)9-17-15-6-7-18(10-12(15)2)21(3,19)20/h4-5,8,12,15,17H,6-7,9-10H2,1-3H3/t12-,15+/m0/s1. The molecule has 0 bridgehead atoms. The van der Waals surface area contributed by atoms with Crippen molar-refractivity contribution in [1.82, 2.24) is 9.62 Å². The van der Waals surface area contributed by atoms with Crippen LogP contribution in [0, 0.1) is 18.7 Å². The van der Waals surface area contributed by atoms with E-state index in [0.29, 0.717) is 25.2 Å². The van der Waals surface area contributed by atoms with Crippen LogP contribution in [0.2, 0.25) is 0 Å². The van der Waals surface area contributed by atoms with Gasteiger partial charge >= 0.3 is 0 Å². The molecule has 1 saturated heterocycles. The van der Waals surface area contributed by atoms with E-state index < -0.39 is 10.0 Å². The first kappa shape index (κ1) is 16.4. The zero-order chi connectivity index (χ0) is 15.6. The molecule has 0 aromatic heterocycles. The first-order valence-electron chi connectivity index (χ1n) is 7.21. The Bertz CT molecular complexity index is 604. The Labute approximate surface area is 126 Å². The molecule has 2 rings (SSSR count). The third kappa shape index (κ3) is 4.25. The van der Waals surface area contributed by atoms with Gasteiger partial charge in [-0.1, -0.05) is 19.1 Å². The fourth-order valence-electron chi connectivity index (χ4n) is 2.71. The summed E-state index contributed by atoms with van der Waals surface area (Å²) in [7, 11) is -3.10. The van der Waals surface area contributed by atoms with Crippen molar-refractivity contribution in [2.75, 3.05) is 19.3 Å². The highest BCUT2D eigenvalue weighted by Gasteiger charge is 2.29. The number of aryl methyl sites for hydroxylation is 1. The van der Waals surface area contributed by atoms with Crippen LogP contribution in [0.15, 0.2) is 18.2 Å². The van der Waals surface area contributed by atoms with Crippen LogP contribution in [0.5, 0.6) is 0 Å². The van der Waals surface area contributed by atoms with E-state index in [2.05, 4.69) is 5.32 Å². The summed E-state index contributed by atoms with van der Waals surface area (Å²) in [5.41, 5.74) is 1.56. The second-order valence-corrected chi connectivity index (χ2v) is 7.94. The van der Waals surface area contributed by atoms with E-state index in [4.69, 9.17) is 0 Å². The number of benzene rings is 1. The van der Waals surface area contributed by atoms with Gasteiger partial charge in [0.15, 0.2) is 0 Å². The molecule has 0 spiro atoms. The summed E-state index contributed by atoms with van der Waals surface area (Å²) >= 11 is 0. The van der Waals surface area contributed by atoms with Gasteiger partial charge < -0.3 is 5.32 Å². The summed E-state index contributed by atoms with van der Waals surface area (Å²) in [6.07, 6.45) is 2.03. The molecule has 1 fully saturated rings. The highest BCUT2D eigenvalue weighted by atomic mass is 32.2. The molecule has 1 aliphatic heterocycles. The normalized spacial score (nSPS) is 24.2. The van der Waals surface area contributed by atoms with Crippen molar-refractivity contribution in [3.8, 4) is 0 Å². The van der Waals surface area contributed by atoms with E-state index >= 15 is 0 Å². The van der Waals surface area contributed by atoms with Crippen LogP contribution in [0.1, 0.15) is 24.5 Å². The molecule has 0 amide bonds. The predicted molar refractivity (Wildman–Crippen MR) is 82.0 cm³/mol. The van der Waals surface area contributed by atoms with Gasteiger partial charge in [0, 0.05) is 25.7 Å². The van der Waals surface area contributed by atoms with Gasteiger partial charge in [-0.25, -0.2) is 17.1 Å². The number of nitrogens with one attached hydrogen (secondary N) is 1. The van der Waals surface area contributed by atoms with E-state index in [1.807, 2.05) is 13.0 Å².